The average Bonchev–Trinajstić information content (AvgIpc) is 3.26. The summed E-state index contributed by atoms with van der Waals surface area (Å²) in [5, 5.41) is 21.4. The van der Waals surface area contributed by atoms with Gasteiger partial charge in [0.15, 0.2) is 0 Å². The van der Waals surface area contributed by atoms with E-state index in [2.05, 4.69) is 60.3 Å². The fraction of sp³-hybridized carbons (Fsp3) is 0.694. The molecule has 3 heteroatoms. The highest BCUT2D eigenvalue weighted by Crippen LogP contribution is 2.77. The highest BCUT2D eigenvalue weighted by atomic mass is 16.4. The minimum atomic E-state index is -0.555. The monoisotopic (exact) mass is 530 g/mol. The number of benzene rings is 1. The molecule has 0 heterocycles. The molecule has 5 aliphatic rings. The highest BCUT2D eigenvalue weighted by Gasteiger charge is 2.71. The molecule has 0 aliphatic heterocycles. The first-order chi connectivity index (χ1) is 18.2. The van der Waals surface area contributed by atoms with Gasteiger partial charge in [0.2, 0.25) is 0 Å². The van der Waals surface area contributed by atoms with E-state index in [0.717, 1.165) is 44.1 Å². The van der Waals surface area contributed by atoms with Crippen LogP contribution in [-0.2, 0) is 4.79 Å². The molecule has 1 aromatic rings. The normalized spacial score (nSPS) is 46.2. The summed E-state index contributed by atoms with van der Waals surface area (Å²) in [5.74, 6) is 2.05. The van der Waals surface area contributed by atoms with Gasteiger partial charge < -0.3 is 10.2 Å². The summed E-state index contributed by atoms with van der Waals surface area (Å²) >= 11 is 0. The number of rotatable bonds is 3. The van der Waals surface area contributed by atoms with Gasteiger partial charge in [0.1, 0.15) is 5.75 Å². The number of hydrogen-bond donors (Lipinski definition) is 2. The van der Waals surface area contributed by atoms with Crippen molar-refractivity contribution in [1.29, 1.82) is 0 Å². The summed E-state index contributed by atoms with van der Waals surface area (Å²) in [6.45, 7) is 19.1. The Bertz CT molecular complexity index is 1240. The van der Waals surface area contributed by atoms with Gasteiger partial charge in [0.05, 0.1) is 5.41 Å². The summed E-state index contributed by atoms with van der Waals surface area (Å²) in [4.78, 5) is 12.9. The van der Waals surface area contributed by atoms with Crippen LogP contribution in [0.5, 0.6) is 5.75 Å². The Kier molecular flexibility index (Phi) is 5.91. The van der Waals surface area contributed by atoms with E-state index in [9.17, 15) is 15.0 Å². The molecular formula is C36H50O3. The number of aliphatic carboxylic acids is 1. The van der Waals surface area contributed by atoms with Gasteiger partial charge in [0.25, 0.3) is 0 Å². The van der Waals surface area contributed by atoms with Crippen molar-refractivity contribution in [1.82, 2.24) is 0 Å². The molecule has 6 rings (SSSR count). The van der Waals surface area contributed by atoms with Crippen molar-refractivity contribution in [2.24, 2.45) is 56.7 Å². The number of allylic oxidation sites excluding steroid dienone is 3. The fourth-order valence-electron chi connectivity index (χ4n) is 12.3. The first kappa shape index (κ1) is 27.2. The molecule has 0 aromatic heterocycles. The van der Waals surface area contributed by atoms with E-state index >= 15 is 0 Å². The third kappa shape index (κ3) is 3.31. The zero-order valence-electron chi connectivity index (χ0n) is 25.1. The Balaban J connectivity index is 1.40. The third-order valence-corrected chi connectivity index (χ3v) is 14.3. The molecule has 0 bridgehead atoms. The Morgan fingerprint density at radius 1 is 0.897 bits per heavy atom. The molecule has 0 spiro atoms. The summed E-state index contributed by atoms with van der Waals surface area (Å²) in [7, 11) is 0. The summed E-state index contributed by atoms with van der Waals surface area (Å²) in [5.41, 5.74) is 3.48. The molecular weight excluding hydrogens is 480 g/mol. The summed E-state index contributed by atoms with van der Waals surface area (Å²) in [6.07, 6.45) is 12.0. The molecule has 4 saturated carbocycles. The summed E-state index contributed by atoms with van der Waals surface area (Å²) < 4.78 is 0. The number of para-hydroxylation sites is 1. The number of aromatic hydroxyl groups is 1. The molecule has 0 amide bonds. The second-order valence-electron chi connectivity index (χ2n) is 15.7. The highest BCUT2D eigenvalue weighted by molar-refractivity contribution is 5.76. The molecule has 0 unspecified atom stereocenters. The largest absolute Gasteiger partial charge is 0.507 e. The smallest absolute Gasteiger partial charge is 0.309 e. The Morgan fingerprint density at radius 2 is 1.62 bits per heavy atom. The van der Waals surface area contributed by atoms with E-state index in [1.807, 2.05) is 18.2 Å². The van der Waals surface area contributed by atoms with E-state index < -0.39 is 11.4 Å². The van der Waals surface area contributed by atoms with Gasteiger partial charge in [-0.05, 0) is 128 Å². The molecule has 5 aliphatic carbocycles. The minimum Gasteiger partial charge on any atom is -0.507 e. The van der Waals surface area contributed by atoms with Crippen LogP contribution in [0.1, 0.15) is 105 Å². The lowest BCUT2D eigenvalue weighted by Crippen LogP contribution is -2.65. The Labute approximate surface area is 236 Å². The third-order valence-electron chi connectivity index (χ3n) is 14.3. The van der Waals surface area contributed by atoms with Crippen LogP contribution in [-0.4, -0.2) is 16.2 Å². The number of phenolic OH excluding ortho intramolecular Hbond substituents is 1. The number of fused-ring (bicyclic) bond motifs is 7. The molecule has 0 radical (unpaired) electrons. The van der Waals surface area contributed by atoms with Crippen molar-refractivity contribution < 1.29 is 15.0 Å². The van der Waals surface area contributed by atoms with Crippen LogP contribution in [0, 0.1) is 56.7 Å². The molecule has 3 nitrogen and oxygen atoms in total. The Hall–Kier alpha value is -2.03. The van der Waals surface area contributed by atoms with Crippen LogP contribution in [0.15, 0.2) is 42.5 Å². The first-order valence-electron chi connectivity index (χ1n) is 15.6. The van der Waals surface area contributed by atoms with Crippen LogP contribution in [0.4, 0.5) is 0 Å². The van der Waals surface area contributed by atoms with E-state index in [-0.39, 0.29) is 27.6 Å². The zero-order valence-corrected chi connectivity index (χ0v) is 25.1. The molecule has 9 atom stereocenters. The van der Waals surface area contributed by atoms with Gasteiger partial charge >= 0.3 is 5.97 Å². The van der Waals surface area contributed by atoms with Crippen LogP contribution in [0.25, 0.3) is 5.57 Å². The average molecular weight is 531 g/mol. The molecule has 212 valence electrons. The second-order valence-corrected chi connectivity index (χ2v) is 15.7. The fourth-order valence-corrected chi connectivity index (χ4v) is 12.3. The number of carboxylic acids is 1. The van der Waals surface area contributed by atoms with Gasteiger partial charge in [0, 0.05) is 5.56 Å². The maximum atomic E-state index is 12.9. The lowest BCUT2D eigenvalue weighted by molar-refractivity contribution is -0.227. The van der Waals surface area contributed by atoms with E-state index in [0.29, 0.717) is 29.4 Å². The van der Waals surface area contributed by atoms with E-state index in [1.165, 1.54) is 30.4 Å². The maximum Gasteiger partial charge on any atom is 0.309 e. The van der Waals surface area contributed by atoms with Gasteiger partial charge in [-0.1, -0.05) is 71.0 Å². The van der Waals surface area contributed by atoms with Crippen molar-refractivity contribution in [3.8, 4) is 5.75 Å². The summed E-state index contributed by atoms with van der Waals surface area (Å²) in [6, 6.07) is 7.86. The predicted octanol–water partition coefficient (Wildman–Crippen LogP) is 9.13. The van der Waals surface area contributed by atoms with Crippen molar-refractivity contribution >= 4 is 11.5 Å². The van der Waals surface area contributed by atoms with Crippen molar-refractivity contribution in [2.45, 2.75) is 99.3 Å². The van der Waals surface area contributed by atoms with E-state index in [4.69, 9.17) is 0 Å². The van der Waals surface area contributed by atoms with Crippen LogP contribution in [0.3, 0.4) is 0 Å². The van der Waals surface area contributed by atoms with Crippen molar-refractivity contribution in [2.75, 3.05) is 0 Å². The molecule has 39 heavy (non-hydrogen) atoms. The molecule has 4 fully saturated rings. The molecule has 0 saturated heterocycles. The van der Waals surface area contributed by atoms with Gasteiger partial charge in [-0.2, -0.15) is 0 Å². The van der Waals surface area contributed by atoms with Crippen molar-refractivity contribution in [3.05, 3.63) is 48.1 Å². The van der Waals surface area contributed by atoms with Gasteiger partial charge in [-0.25, -0.2) is 0 Å². The Morgan fingerprint density at radius 3 is 2.28 bits per heavy atom. The quantitative estimate of drug-likeness (QED) is 0.383. The SMILES string of the molecule is C=C(C)[C@@H]1CC[C@]2(C(=O)O)CC[C@]3(C)[C@H](CC[C@@H]4[C@@]5(C)CC=C(c6ccccc6O)C(C)(C)[C@@H]5CC[C@]43C)[C@@H]12. The maximum absolute atomic E-state index is 12.9. The molecule has 2 N–H and O–H groups in total. The lowest BCUT2D eigenvalue weighted by Gasteiger charge is -2.72. The number of carbonyl (C=O) groups is 1. The zero-order chi connectivity index (χ0) is 28.2. The standard InChI is InChI=1S/C36H50O3/c1-22(2)23-14-19-36(31(38)39)21-20-34(6)26(30(23)36)12-13-29-33(5)17-15-25(24-10-8-9-11-27(24)37)32(3,4)28(33)16-18-35(29,34)7/h8-11,15,23,26,28-30,37H,1,12-14,16-21H2,2-7H3,(H,38,39)/t23-,26+,28-,29+,30+,33-,34+,35+,36-/m0/s1. The molecule has 1 aromatic carbocycles. The van der Waals surface area contributed by atoms with Gasteiger partial charge in [-0.15, -0.1) is 0 Å². The predicted molar refractivity (Wildman–Crippen MR) is 158 cm³/mol. The lowest BCUT2D eigenvalue weighted by atomic mass is 9.32. The van der Waals surface area contributed by atoms with Crippen LogP contribution >= 0.6 is 0 Å². The van der Waals surface area contributed by atoms with Crippen molar-refractivity contribution in [3.63, 3.8) is 0 Å². The van der Waals surface area contributed by atoms with E-state index in [1.54, 1.807) is 0 Å². The number of phenols is 1. The minimum absolute atomic E-state index is 0.0214. The topological polar surface area (TPSA) is 57.5 Å². The second kappa shape index (κ2) is 8.49. The van der Waals surface area contributed by atoms with Crippen LogP contribution in [0.2, 0.25) is 0 Å². The van der Waals surface area contributed by atoms with Gasteiger partial charge in [-0.3, -0.25) is 4.79 Å². The number of carboxylic acid groups (broad SMARTS) is 1. The number of hydrogen-bond acceptors (Lipinski definition) is 2. The van der Waals surface area contributed by atoms with Crippen LogP contribution < -0.4 is 0 Å². The first-order valence-corrected chi connectivity index (χ1v) is 15.6.